The van der Waals surface area contributed by atoms with Crippen LogP contribution in [-0.2, 0) is 25.5 Å². The number of unbranched alkanes of at least 4 members (excludes halogenated alkanes) is 1. The van der Waals surface area contributed by atoms with E-state index in [1.165, 1.54) is 48.5 Å². The van der Waals surface area contributed by atoms with Crippen molar-refractivity contribution in [3.63, 3.8) is 0 Å². The van der Waals surface area contributed by atoms with Crippen LogP contribution in [0.2, 0.25) is 0 Å². The van der Waals surface area contributed by atoms with Crippen molar-refractivity contribution >= 4 is 23.9 Å². The maximum atomic E-state index is 12.5. The number of benzene rings is 3. The topological polar surface area (TPSA) is 114 Å². The van der Waals surface area contributed by atoms with Gasteiger partial charge in [-0.1, -0.05) is 25.3 Å². The van der Waals surface area contributed by atoms with Crippen LogP contribution in [0.15, 0.2) is 98.1 Å². The predicted octanol–water partition coefficient (Wildman–Crippen LogP) is 5.24. The van der Waals surface area contributed by atoms with E-state index >= 15 is 0 Å². The van der Waals surface area contributed by atoms with Gasteiger partial charge in [-0.25, -0.2) is 19.2 Å². The Hall–Kier alpha value is -5.18. The van der Waals surface area contributed by atoms with E-state index < -0.39 is 23.9 Å². The molecule has 0 aromatic heterocycles. The smallest absolute Gasteiger partial charge is 0.343 e. The van der Waals surface area contributed by atoms with Crippen molar-refractivity contribution in [2.75, 3.05) is 13.4 Å². The summed E-state index contributed by atoms with van der Waals surface area (Å²) in [5.74, 6) is -1.18. The Morgan fingerprint density at radius 1 is 0.600 bits per heavy atom. The van der Waals surface area contributed by atoms with Crippen molar-refractivity contribution in [1.82, 2.24) is 0 Å². The van der Waals surface area contributed by atoms with Gasteiger partial charge in [0.2, 0.25) is 6.79 Å². The molecule has 0 saturated carbocycles. The zero-order valence-electron chi connectivity index (χ0n) is 21.7. The lowest BCUT2D eigenvalue weighted by Crippen LogP contribution is -2.10. The molecule has 3 aromatic carbocycles. The molecule has 0 radical (unpaired) electrons. The fourth-order valence-corrected chi connectivity index (χ4v) is 3.28. The number of esters is 4. The molecule has 0 saturated heterocycles. The minimum Gasteiger partial charge on any atom is -0.463 e. The molecule has 0 atom stereocenters. The second kappa shape index (κ2) is 15.3. The van der Waals surface area contributed by atoms with Crippen LogP contribution < -0.4 is 14.2 Å². The summed E-state index contributed by atoms with van der Waals surface area (Å²) >= 11 is 0. The number of ether oxygens (including phenoxy) is 5. The first-order valence-electron chi connectivity index (χ1n) is 12.3. The Morgan fingerprint density at radius 2 is 1.07 bits per heavy atom. The largest absolute Gasteiger partial charge is 0.463 e. The number of hydrogen-bond donors (Lipinski definition) is 0. The van der Waals surface area contributed by atoms with Crippen LogP contribution in [0.25, 0.3) is 0 Å². The fraction of sp³-hybridized carbons (Fsp3) is 0.161. The summed E-state index contributed by atoms with van der Waals surface area (Å²) in [6.07, 6.45) is 4.51. The molecule has 0 aliphatic rings. The fourth-order valence-electron chi connectivity index (χ4n) is 3.28. The van der Waals surface area contributed by atoms with Crippen LogP contribution in [0.3, 0.4) is 0 Å². The highest BCUT2D eigenvalue weighted by atomic mass is 16.7. The van der Waals surface area contributed by atoms with Gasteiger partial charge < -0.3 is 23.7 Å². The van der Waals surface area contributed by atoms with E-state index in [1.807, 2.05) is 12.1 Å². The predicted molar refractivity (Wildman–Crippen MR) is 145 cm³/mol. The molecular weight excluding hydrogens is 516 g/mol. The SMILES string of the molecule is C=CC(=O)OCCCCc1ccc(C(=O)Oc2ccc(OC(=O)c3ccc(OCOC(=O)C=C)cc3)cc2)cc1. The van der Waals surface area contributed by atoms with Crippen molar-refractivity contribution in [1.29, 1.82) is 0 Å². The zero-order chi connectivity index (χ0) is 28.7. The van der Waals surface area contributed by atoms with Gasteiger partial charge in [-0.05, 0) is 85.5 Å². The summed E-state index contributed by atoms with van der Waals surface area (Å²) in [7, 11) is 0. The molecule has 0 bridgehead atoms. The van der Waals surface area contributed by atoms with E-state index in [0.717, 1.165) is 37.0 Å². The molecule has 9 nitrogen and oxygen atoms in total. The van der Waals surface area contributed by atoms with E-state index in [1.54, 1.807) is 12.1 Å². The summed E-state index contributed by atoms with van der Waals surface area (Å²) in [6, 6.07) is 19.3. The molecule has 40 heavy (non-hydrogen) atoms. The van der Waals surface area contributed by atoms with Gasteiger partial charge in [0.05, 0.1) is 17.7 Å². The summed E-state index contributed by atoms with van der Waals surface area (Å²) in [6.45, 7) is 6.69. The second-order valence-electron chi connectivity index (χ2n) is 8.23. The molecule has 0 heterocycles. The number of rotatable bonds is 14. The van der Waals surface area contributed by atoms with Crippen molar-refractivity contribution in [3.8, 4) is 17.2 Å². The van der Waals surface area contributed by atoms with Gasteiger partial charge in [0.25, 0.3) is 0 Å². The standard InChI is InChI=1S/C31H28O9/c1-3-28(32)36-20-6-5-7-22-8-10-23(11-9-22)30(34)39-26-16-18-27(19-17-26)40-31(35)24-12-14-25(15-13-24)37-21-38-29(33)4-2/h3-4,8-19H,1-2,5-7,20-21H2. The Morgan fingerprint density at radius 3 is 1.60 bits per heavy atom. The van der Waals surface area contributed by atoms with Crippen LogP contribution in [0.1, 0.15) is 39.1 Å². The highest BCUT2D eigenvalue weighted by Gasteiger charge is 2.12. The third kappa shape index (κ3) is 9.60. The van der Waals surface area contributed by atoms with Crippen LogP contribution in [0, 0.1) is 0 Å². The third-order valence-electron chi connectivity index (χ3n) is 5.39. The molecule has 9 heteroatoms. The first-order chi connectivity index (χ1) is 19.4. The summed E-state index contributed by atoms with van der Waals surface area (Å²) in [5.41, 5.74) is 1.73. The highest BCUT2D eigenvalue weighted by molar-refractivity contribution is 5.92. The lowest BCUT2D eigenvalue weighted by atomic mass is 10.1. The average molecular weight is 545 g/mol. The van der Waals surface area contributed by atoms with Crippen molar-refractivity contribution in [2.24, 2.45) is 0 Å². The van der Waals surface area contributed by atoms with Gasteiger partial charge in [0.15, 0.2) is 0 Å². The Balaban J connectivity index is 1.43. The van der Waals surface area contributed by atoms with Crippen LogP contribution in [0.4, 0.5) is 0 Å². The summed E-state index contributed by atoms with van der Waals surface area (Å²) in [4.78, 5) is 47.0. The highest BCUT2D eigenvalue weighted by Crippen LogP contribution is 2.21. The van der Waals surface area contributed by atoms with Gasteiger partial charge in [0, 0.05) is 12.2 Å². The summed E-state index contributed by atoms with van der Waals surface area (Å²) in [5, 5.41) is 0. The van der Waals surface area contributed by atoms with Crippen molar-refractivity contribution in [2.45, 2.75) is 19.3 Å². The lowest BCUT2D eigenvalue weighted by molar-refractivity contribution is -0.144. The van der Waals surface area contributed by atoms with Crippen LogP contribution in [0.5, 0.6) is 17.2 Å². The van der Waals surface area contributed by atoms with Gasteiger partial charge in [0.1, 0.15) is 17.2 Å². The summed E-state index contributed by atoms with van der Waals surface area (Å²) < 4.78 is 25.7. The quantitative estimate of drug-likeness (QED) is 0.0883. The van der Waals surface area contributed by atoms with Crippen LogP contribution >= 0.6 is 0 Å². The Bertz CT molecular complexity index is 1320. The van der Waals surface area contributed by atoms with E-state index in [4.69, 9.17) is 23.7 Å². The lowest BCUT2D eigenvalue weighted by Gasteiger charge is -2.08. The second-order valence-corrected chi connectivity index (χ2v) is 8.23. The third-order valence-corrected chi connectivity index (χ3v) is 5.39. The minimum absolute atomic E-state index is 0.269. The molecular formula is C31H28O9. The molecule has 0 N–H and O–H groups in total. The average Bonchev–Trinajstić information content (AvgIpc) is 2.98. The zero-order valence-corrected chi connectivity index (χ0v) is 21.7. The van der Waals surface area contributed by atoms with E-state index in [0.29, 0.717) is 23.7 Å². The van der Waals surface area contributed by atoms with Gasteiger partial charge in [-0.3, -0.25) is 0 Å². The van der Waals surface area contributed by atoms with Gasteiger partial charge >= 0.3 is 23.9 Å². The normalized spacial score (nSPS) is 10.1. The van der Waals surface area contributed by atoms with E-state index in [9.17, 15) is 19.2 Å². The Kier molecular flexibility index (Phi) is 11.2. The Labute approximate surface area is 231 Å². The van der Waals surface area contributed by atoms with Crippen LogP contribution in [-0.4, -0.2) is 37.3 Å². The first kappa shape index (κ1) is 29.4. The molecule has 0 unspecified atom stereocenters. The monoisotopic (exact) mass is 544 g/mol. The van der Waals surface area contributed by atoms with Crippen molar-refractivity contribution in [3.05, 3.63) is 115 Å². The number of aryl methyl sites for hydroxylation is 1. The minimum atomic E-state index is -0.606. The molecule has 3 aromatic rings. The van der Waals surface area contributed by atoms with E-state index in [2.05, 4.69) is 13.2 Å². The molecule has 0 aliphatic carbocycles. The van der Waals surface area contributed by atoms with Gasteiger partial charge in [-0.2, -0.15) is 0 Å². The number of carbonyl (C=O) groups excluding carboxylic acids is 4. The molecule has 0 spiro atoms. The first-order valence-corrected chi connectivity index (χ1v) is 12.3. The number of carbonyl (C=O) groups is 4. The molecule has 0 aliphatic heterocycles. The van der Waals surface area contributed by atoms with Crippen molar-refractivity contribution < 1.29 is 42.9 Å². The van der Waals surface area contributed by atoms with Gasteiger partial charge in [-0.15, -0.1) is 0 Å². The maximum absolute atomic E-state index is 12.5. The molecule has 3 rings (SSSR count). The van der Waals surface area contributed by atoms with E-state index in [-0.39, 0.29) is 18.1 Å². The molecule has 206 valence electrons. The number of hydrogen-bond acceptors (Lipinski definition) is 9. The molecule has 0 fully saturated rings. The maximum Gasteiger partial charge on any atom is 0.343 e. The molecule has 0 amide bonds.